The number of thioether (sulfide) groups is 1. The van der Waals surface area contributed by atoms with Crippen LogP contribution in [0.4, 0.5) is 11.4 Å². The van der Waals surface area contributed by atoms with Gasteiger partial charge in [0.1, 0.15) is 5.75 Å². The molecule has 4 bridgehead atoms. The summed E-state index contributed by atoms with van der Waals surface area (Å²) in [7, 11) is 1.43. The smallest absolute Gasteiger partial charge is 0.271 e. The Morgan fingerprint density at radius 2 is 1.74 bits per heavy atom. The number of benzene rings is 2. The third-order valence-corrected chi connectivity index (χ3v) is 8.65. The third-order valence-electron chi connectivity index (χ3n) is 7.58. The average Bonchev–Trinajstić information content (AvgIpc) is 2.81. The zero-order valence-corrected chi connectivity index (χ0v) is 20.4. The van der Waals surface area contributed by atoms with Crippen LogP contribution in [-0.2, 0) is 4.79 Å². The van der Waals surface area contributed by atoms with E-state index in [1.54, 1.807) is 12.1 Å². The molecule has 2 N–H and O–H groups in total. The van der Waals surface area contributed by atoms with Crippen LogP contribution < -0.4 is 15.4 Å². The van der Waals surface area contributed by atoms with Gasteiger partial charge < -0.3 is 15.4 Å². The van der Waals surface area contributed by atoms with E-state index >= 15 is 0 Å². The zero-order valence-electron chi connectivity index (χ0n) is 19.6. The molecule has 2 amide bonds. The first-order chi connectivity index (χ1) is 16.8. The van der Waals surface area contributed by atoms with Crippen LogP contribution in [-0.4, -0.2) is 35.1 Å². The van der Waals surface area contributed by atoms with Crippen molar-refractivity contribution < 1.29 is 19.2 Å². The van der Waals surface area contributed by atoms with Gasteiger partial charge in [0.15, 0.2) is 0 Å². The number of anilines is 1. The Labute approximate surface area is 208 Å². The minimum atomic E-state index is -0.526. The SMILES string of the molecule is COc1ccc([N+](=O)[O-])cc1NC(=O)c1ccccc1SCC(=O)NC12CC3CC(CC(C3)C1)C2. The first kappa shape index (κ1) is 23.7. The van der Waals surface area contributed by atoms with Gasteiger partial charge >= 0.3 is 0 Å². The molecule has 184 valence electrons. The Morgan fingerprint density at radius 1 is 1.09 bits per heavy atom. The van der Waals surface area contributed by atoms with E-state index in [4.69, 9.17) is 4.74 Å². The van der Waals surface area contributed by atoms with Gasteiger partial charge in [0, 0.05) is 22.6 Å². The van der Waals surface area contributed by atoms with E-state index in [9.17, 15) is 19.7 Å². The van der Waals surface area contributed by atoms with Gasteiger partial charge in [-0.2, -0.15) is 0 Å². The minimum absolute atomic E-state index is 0.00696. The van der Waals surface area contributed by atoms with Crippen molar-refractivity contribution in [1.29, 1.82) is 0 Å². The van der Waals surface area contributed by atoms with E-state index < -0.39 is 10.8 Å². The Kier molecular flexibility index (Phi) is 6.44. The van der Waals surface area contributed by atoms with E-state index in [2.05, 4.69) is 10.6 Å². The van der Waals surface area contributed by atoms with Gasteiger partial charge in [0.05, 0.1) is 29.0 Å². The van der Waals surface area contributed by atoms with Gasteiger partial charge in [-0.3, -0.25) is 19.7 Å². The number of nitrogens with one attached hydrogen (secondary N) is 2. The molecule has 2 aromatic rings. The first-order valence-corrected chi connectivity index (χ1v) is 13.0. The number of non-ortho nitro benzene ring substituents is 1. The fraction of sp³-hybridized carbons (Fsp3) is 0.462. The van der Waals surface area contributed by atoms with Crippen LogP contribution in [0, 0.1) is 27.9 Å². The summed E-state index contributed by atoms with van der Waals surface area (Å²) in [5.41, 5.74) is 0.423. The molecule has 0 saturated heterocycles. The number of hydrogen-bond donors (Lipinski definition) is 2. The van der Waals surface area contributed by atoms with Crippen LogP contribution in [0.2, 0.25) is 0 Å². The summed E-state index contributed by atoms with van der Waals surface area (Å²) in [5.74, 6) is 2.40. The van der Waals surface area contributed by atoms with Gasteiger partial charge in [-0.25, -0.2) is 0 Å². The van der Waals surface area contributed by atoms with E-state index in [1.807, 2.05) is 12.1 Å². The average molecular weight is 496 g/mol. The summed E-state index contributed by atoms with van der Waals surface area (Å²) in [6.45, 7) is 0. The van der Waals surface area contributed by atoms with Crippen LogP contribution in [0.3, 0.4) is 0 Å². The van der Waals surface area contributed by atoms with E-state index in [1.165, 1.54) is 56.3 Å². The molecule has 0 spiro atoms. The maximum atomic E-state index is 13.1. The minimum Gasteiger partial charge on any atom is -0.495 e. The molecule has 0 aliphatic heterocycles. The molecular weight excluding hydrogens is 466 g/mol. The number of ether oxygens (including phenoxy) is 1. The molecule has 0 unspecified atom stereocenters. The maximum Gasteiger partial charge on any atom is 0.271 e. The van der Waals surface area contributed by atoms with Crippen molar-refractivity contribution in [3.05, 3.63) is 58.1 Å². The van der Waals surface area contributed by atoms with Crippen molar-refractivity contribution in [3.8, 4) is 5.75 Å². The number of amides is 2. The zero-order chi connectivity index (χ0) is 24.6. The van der Waals surface area contributed by atoms with E-state index in [0.29, 0.717) is 16.2 Å². The summed E-state index contributed by atoms with van der Waals surface area (Å²) in [5, 5.41) is 17.2. The highest BCUT2D eigenvalue weighted by molar-refractivity contribution is 8.00. The highest BCUT2D eigenvalue weighted by atomic mass is 32.2. The number of carbonyl (C=O) groups excluding carboxylic acids is 2. The van der Waals surface area contributed by atoms with Crippen LogP contribution in [0.5, 0.6) is 5.75 Å². The monoisotopic (exact) mass is 495 g/mol. The fourth-order valence-corrected chi connectivity index (χ4v) is 7.47. The lowest BCUT2D eigenvalue weighted by Gasteiger charge is -2.56. The van der Waals surface area contributed by atoms with Crippen molar-refractivity contribution >= 4 is 35.0 Å². The molecule has 4 fully saturated rings. The highest BCUT2D eigenvalue weighted by Crippen LogP contribution is 2.55. The molecular formula is C26H29N3O5S. The van der Waals surface area contributed by atoms with Crippen molar-refractivity contribution in [2.75, 3.05) is 18.2 Å². The number of nitro benzene ring substituents is 1. The van der Waals surface area contributed by atoms with E-state index in [0.717, 1.165) is 37.0 Å². The van der Waals surface area contributed by atoms with Crippen molar-refractivity contribution in [2.24, 2.45) is 17.8 Å². The summed E-state index contributed by atoms with van der Waals surface area (Å²) in [6, 6.07) is 11.1. The predicted octanol–water partition coefficient (Wildman–Crippen LogP) is 5.03. The summed E-state index contributed by atoms with van der Waals surface area (Å²) in [6.07, 6.45) is 7.25. The molecule has 9 heteroatoms. The van der Waals surface area contributed by atoms with Crippen LogP contribution in [0.1, 0.15) is 48.9 Å². The standard InChI is InChI=1S/C26H29N3O5S/c1-34-22-7-6-19(29(32)33)11-21(22)27-25(31)20-4-2-3-5-23(20)35-15-24(30)28-26-12-16-8-17(13-26)10-18(9-16)14-26/h2-7,11,16-18H,8-10,12-15H2,1H3,(H,27,31)(H,28,30). The lowest BCUT2D eigenvalue weighted by Crippen LogP contribution is -2.60. The summed E-state index contributed by atoms with van der Waals surface area (Å²) in [4.78, 5) is 37.3. The normalized spacial score (nSPS) is 26.3. The van der Waals surface area contributed by atoms with Gasteiger partial charge in [0.25, 0.3) is 11.6 Å². The van der Waals surface area contributed by atoms with Crippen molar-refractivity contribution in [3.63, 3.8) is 0 Å². The first-order valence-electron chi connectivity index (χ1n) is 12.0. The van der Waals surface area contributed by atoms with Crippen LogP contribution >= 0.6 is 11.8 Å². The van der Waals surface area contributed by atoms with Gasteiger partial charge in [-0.05, 0) is 74.5 Å². The molecule has 6 rings (SSSR count). The van der Waals surface area contributed by atoms with Gasteiger partial charge in [0.2, 0.25) is 5.91 Å². The third kappa shape index (κ3) is 5.00. The lowest BCUT2D eigenvalue weighted by molar-refractivity contribution is -0.384. The number of nitrogens with zero attached hydrogens (tertiary/aromatic N) is 1. The van der Waals surface area contributed by atoms with Crippen LogP contribution in [0.25, 0.3) is 0 Å². The van der Waals surface area contributed by atoms with Crippen molar-refractivity contribution in [1.82, 2.24) is 5.32 Å². The highest BCUT2D eigenvalue weighted by Gasteiger charge is 2.51. The number of hydrogen-bond acceptors (Lipinski definition) is 6. The molecule has 0 heterocycles. The Bertz CT molecular complexity index is 1130. The van der Waals surface area contributed by atoms with E-state index in [-0.39, 0.29) is 28.6 Å². The molecule has 0 aromatic heterocycles. The second kappa shape index (κ2) is 9.53. The van der Waals surface area contributed by atoms with Crippen molar-refractivity contribution in [2.45, 2.75) is 49.0 Å². The topological polar surface area (TPSA) is 111 Å². The predicted molar refractivity (Wildman–Crippen MR) is 134 cm³/mol. The second-order valence-electron chi connectivity index (χ2n) is 10.1. The molecule has 0 atom stereocenters. The summed E-state index contributed by atoms with van der Waals surface area (Å²) < 4.78 is 5.25. The Hall–Kier alpha value is -3.07. The second-order valence-corrected chi connectivity index (χ2v) is 11.1. The Morgan fingerprint density at radius 3 is 2.37 bits per heavy atom. The van der Waals surface area contributed by atoms with Crippen LogP contribution in [0.15, 0.2) is 47.4 Å². The fourth-order valence-electron chi connectivity index (χ4n) is 6.62. The van der Waals surface area contributed by atoms with Gasteiger partial charge in [-0.15, -0.1) is 11.8 Å². The number of methoxy groups -OCH3 is 1. The number of rotatable bonds is 8. The number of carbonyl (C=O) groups is 2. The lowest BCUT2D eigenvalue weighted by atomic mass is 9.53. The van der Waals surface area contributed by atoms with Gasteiger partial charge in [-0.1, -0.05) is 12.1 Å². The Balaban J connectivity index is 1.25. The maximum absolute atomic E-state index is 13.1. The largest absolute Gasteiger partial charge is 0.495 e. The molecule has 4 aliphatic carbocycles. The molecule has 0 radical (unpaired) electrons. The molecule has 4 aliphatic rings. The molecule has 8 nitrogen and oxygen atoms in total. The summed E-state index contributed by atoms with van der Waals surface area (Å²) >= 11 is 1.33. The number of nitro groups is 1. The molecule has 35 heavy (non-hydrogen) atoms. The molecule has 4 saturated carbocycles. The molecule has 2 aromatic carbocycles. The quantitative estimate of drug-likeness (QED) is 0.302.